The van der Waals surface area contributed by atoms with Crippen LogP contribution in [0.4, 0.5) is 10.5 Å². The molecule has 0 aromatic heterocycles. The molecule has 1 aliphatic rings. The van der Waals surface area contributed by atoms with Gasteiger partial charge in [-0.3, -0.25) is 0 Å². The normalized spacial score (nSPS) is 18.2. The summed E-state index contributed by atoms with van der Waals surface area (Å²) in [6.07, 6.45) is 1.71. The van der Waals surface area contributed by atoms with Gasteiger partial charge < -0.3 is 15.3 Å². The molecule has 0 aliphatic carbocycles. The van der Waals surface area contributed by atoms with Crippen LogP contribution in [0.15, 0.2) is 18.2 Å². The molecule has 0 bridgehead atoms. The zero-order valence-corrected chi connectivity index (χ0v) is 11.0. The number of anilines is 1. The molecule has 0 radical (unpaired) electrons. The van der Waals surface area contributed by atoms with Crippen LogP contribution in [-0.4, -0.2) is 35.2 Å². The lowest BCUT2D eigenvalue weighted by molar-refractivity contribution is 0.166. The van der Waals surface area contributed by atoms with E-state index in [0.717, 1.165) is 12.8 Å². The zero-order valence-electron chi connectivity index (χ0n) is 10.3. The molecule has 1 saturated heterocycles. The topological polar surface area (TPSA) is 76.4 Å². The van der Waals surface area contributed by atoms with Gasteiger partial charge in [0.1, 0.15) is 6.07 Å². The maximum Gasteiger partial charge on any atom is 0.322 e. The molecule has 0 spiro atoms. The van der Waals surface area contributed by atoms with Gasteiger partial charge in [0.25, 0.3) is 0 Å². The van der Waals surface area contributed by atoms with Gasteiger partial charge in [-0.05, 0) is 31.0 Å². The van der Waals surface area contributed by atoms with Crippen molar-refractivity contribution in [2.45, 2.75) is 18.9 Å². The third-order valence-corrected chi connectivity index (χ3v) is 3.50. The summed E-state index contributed by atoms with van der Waals surface area (Å²) in [4.78, 5) is 13.7. The number of urea groups is 1. The van der Waals surface area contributed by atoms with E-state index >= 15 is 0 Å². The largest absolute Gasteiger partial charge is 0.394 e. The van der Waals surface area contributed by atoms with Gasteiger partial charge in [-0.15, -0.1) is 0 Å². The van der Waals surface area contributed by atoms with Crippen LogP contribution in [0.3, 0.4) is 0 Å². The maximum absolute atomic E-state index is 12.0. The predicted octanol–water partition coefficient (Wildman–Crippen LogP) is 2.20. The Labute approximate surface area is 116 Å². The summed E-state index contributed by atoms with van der Waals surface area (Å²) in [6.45, 7) is 0.614. The lowest BCUT2D eigenvalue weighted by Gasteiger charge is -2.23. The summed E-state index contributed by atoms with van der Waals surface area (Å²) >= 11 is 5.90. The van der Waals surface area contributed by atoms with Crippen LogP contribution in [0.1, 0.15) is 18.4 Å². The number of halogens is 1. The molecule has 1 atom stereocenters. The van der Waals surface area contributed by atoms with E-state index in [4.69, 9.17) is 16.9 Å². The first-order valence-electron chi connectivity index (χ1n) is 6.04. The highest BCUT2D eigenvalue weighted by molar-refractivity contribution is 6.32. The van der Waals surface area contributed by atoms with E-state index in [2.05, 4.69) is 5.32 Å². The number of carbonyl (C=O) groups is 1. The zero-order chi connectivity index (χ0) is 13.8. The Bertz CT molecular complexity index is 527. The molecule has 19 heavy (non-hydrogen) atoms. The van der Waals surface area contributed by atoms with Crippen molar-refractivity contribution in [3.8, 4) is 6.07 Å². The van der Waals surface area contributed by atoms with Gasteiger partial charge in [0.15, 0.2) is 0 Å². The molecule has 100 valence electrons. The summed E-state index contributed by atoms with van der Waals surface area (Å²) in [5, 5.41) is 21.0. The van der Waals surface area contributed by atoms with E-state index in [9.17, 15) is 9.90 Å². The number of nitriles is 1. The van der Waals surface area contributed by atoms with E-state index < -0.39 is 0 Å². The number of likely N-dealkylation sites (tertiary alicyclic amines) is 1. The Hall–Kier alpha value is -1.77. The molecule has 0 unspecified atom stereocenters. The van der Waals surface area contributed by atoms with Gasteiger partial charge in [0.05, 0.1) is 23.2 Å². The van der Waals surface area contributed by atoms with Crippen molar-refractivity contribution >= 4 is 23.3 Å². The summed E-state index contributed by atoms with van der Waals surface area (Å²) in [5.41, 5.74) is 0.909. The van der Waals surface area contributed by atoms with Crippen LogP contribution in [-0.2, 0) is 0 Å². The van der Waals surface area contributed by atoms with E-state index in [1.807, 2.05) is 6.07 Å². The summed E-state index contributed by atoms with van der Waals surface area (Å²) in [5.74, 6) is 0. The number of hydrogen-bond donors (Lipinski definition) is 2. The number of amides is 2. The molecule has 6 heteroatoms. The molecular weight excluding hydrogens is 266 g/mol. The van der Waals surface area contributed by atoms with Crippen LogP contribution in [0, 0.1) is 11.3 Å². The molecule has 1 heterocycles. The van der Waals surface area contributed by atoms with Crippen LogP contribution >= 0.6 is 11.6 Å². The maximum atomic E-state index is 12.0. The van der Waals surface area contributed by atoms with Gasteiger partial charge >= 0.3 is 6.03 Å². The highest BCUT2D eigenvalue weighted by atomic mass is 35.5. The minimum atomic E-state index is -0.252. The van der Waals surface area contributed by atoms with Crippen LogP contribution in [0.2, 0.25) is 5.02 Å². The second-order valence-electron chi connectivity index (χ2n) is 4.41. The first kappa shape index (κ1) is 13.7. The van der Waals surface area contributed by atoms with Crippen molar-refractivity contribution in [2.24, 2.45) is 0 Å². The number of nitrogens with one attached hydrogen (secondary N) is 1. The van der Waals surface area contributed by atoms with Crippen molar-refractivity contribution in [3.63, 3.8) is 0 Å². The van der Waals surface area contributed by atoms with Crippen molar-refractivity contribution in [1.82, 2.24) is 4.90 Å². The molecule has 1 fully saturated rings. The Balaban J connectivity index is 2.07. The standard InChI is InChI=1S/C13H14ClN3O2/c14-12-6-10(4-3-9(12)7-15)16-13(19)17-5-1-2-11(17)8-18/h3-4,6,11,18H,1-2,5,8H2,(H,16,19)/t11-/m1/s1. The molecule has 2 rings (SSSR count). The highest BCUT2D eigenvalue weighted by Gasteiger charge is 2.28. The fraction of sp³-hybridized carbons (Fsp3) is 0.385. The minimum Gasteiger partial charge on any atom is -0.394 e. The first-order chi connectivity index (χ1) is 9.15. The third-order valence-electron chi connectivity index (χ3n) is 3.19. The van der Waals surface area contributed by atoms with Gasteiger partial charge in [0.2, 0.25) is 0 Å². The Morgan fingerprint density at radius 3 is 3.05 bits per heavy atom. The molecular formula is C13H14ClN3O2. The molecule has 1 aromatic rings. The Morgan fingerprint density at radius 2 is 2.42 bits per heavy atom. The quantitative estimate of drug-likeness (QED) is 0.871. The average molecular weight is 280 g/mol. The molecule has 0 saturated carbocycles. The molecule has 2 amide bonds. The fourth-order valence-electron chi connectivity index (χ4n) is 2.17. The van der Waals surface area contributed by atoms with Crippen LogP contribution in [0.25, 0.3) is 0 Å². The van der Waals surface area contributed by atoms with E-state index in [-0.39, 0.29) is 18.7 Å². The number of aliphatic hydroxyl groups is 1. The number of aliphatic hydroxyl groups excluding tert-OH is 1. The minimum absolute atomic E-state index is 0.0262. The van der Waals surface area contributed by atoms with Gasteiger partial charge in [-0.2, -0.15) is 5.26 Å². The number of carbonyl (C=O) groups excluding carboxylic acids is 1. The smallest absolute Gasteiger partial charge is 0.322 e. The lowest BCUT2D eigenvalue weighted by Crippen LogP contribution is -2.40. The Morgan fingerprint density at radius 1 is 1.63 bits per heavy atom. The number of nitrogens with zero attached hydrogens (tertiary/aromatic N) is 2. The fourth-order valence-corrected chi connectivity index (χ4v) is 2.39. The summed E-state index contributed by atoms with van der Waals surface area (Å²) in [6, 6.07) is 6.33. The van der Waals surface area contributed by atoms with Crippen LogP contribution in [0.5, 0.6) is 0 Å². The van der Waals surface area contributed by atoms with Crippen molar-refractivity contribution in [1.29, 1.82) is 5.26 Å². The number of benzene rings is 1. The first-order valence-corrected chi connectivity index (χ1v) is 6.41. The van der Waals surface area contributed by atoms with Crippen LogP contribution < -0.4 is 5.32 Å². The lowest BCUT2D eigenvalue weighted by atomic mass is 10.2. The van der Waals surface area contributed by atoms with E-state index in [1.54, 1.807) is 23.1 Å². The van der Waals surface area contributed by atoms with E-state index in [0.29, 0.717) is 22.8 Å². The predicted molar refractivity (Wildman–Crippen MR) is 72.0 cm³/mol. The second-order valence-corrected chi connectivity index (χ2v) is 4.82. The van der Waals surface area contributed by atoms with Gasteiger partial charge in [-0.25, -0.2) is 4.79 Å². The van der Waals surface area contributed by atoms with Crippen molar-refractivity contribution in [3.05, 3.63) is 28.8 Å². The van der Waals surface area contributed by atoms with Crippen molar-refractivity contribution in [2.75, 3.05) is 18.5 Å². The number of rotatable bonds is 2. The summed E-state index contributed by atoms with van der Waals surface area (Å²) < 4.78 is 0. The summed E-state index contributed by atoms with van der Waals surface area (Å²) in [7, 11) is 0. The molecule has 2 N–H and O–H groups in total. The van der Waals surface area contributed by atoms with Gasteiger partial charge in [-0.1, -0.05) is 11.6 Å². The average Bonchev–Trinajstić information content (AvgIpc) is 2.87. The molecule has 5 nitrogen and oxygen atoms in total. The molecule has 1 aliphatic heterocycles. The second kappa shape index (κ2) is 5.91. The van der Waals surface area contributed by atoms with Gasteiger partial charge in [0, 0.05) is 12.2 Å². The highest BCUT2D eigenvalue weighted by Crippen LogP contribution is 2.22. The molecule has 1 aromatic carbocycles. The number of hydrogen-bond acceptors (Lipinski definition) is 3. The third kappa shape index (κ3) is 2.98. The SMILES string of the molecule is N#Cc1ccc(NC(=O)N2CCC[C@@H]2CO)cc1Cl. The van der Waals surface area contributed by atoms with Crippen molar-refractivity contribution < 1.29 is 9.90 Å². The Kier molecular flexibility index (Phi) is 4.25. The van der Waals surface area contributed by atoms with E-state index in [1.165, 1.54) is 0 Å². The monoisotopic (exact) mass is 279 g/mol.